The van der Waals surface area contributed by atoms with E-state index >= 15 is 0 Å². The molecule has 0 aliphatic rings. The summed E-state index contributed by atoms with van der Waals surface area (Å²) in [4.78, 5) is 29.7. The number of benzene rings is 1. The van der Waals surface area contributed by atoms with Gasteiger partial charge in [-0.1, -0.05) is 29.3 Å². The number of nitrogens with one attached hydrogen (secondary N) is 1. The normalized spacial score (nSPS) is 11.3. The van der Waals surface area contributed by atoms with Gasteiger partial charge in [-0.2, -0.15) is 4.98 Å². The van der Waals surface area contributed by atoms with Crippen LogP contribution in [0.3, 0.4) is 0 Å². The molecule has 0 aliphatic heterocycles. The van der Waals surface area contributed by atoms with Crippen LogP contribution in [0, 0.1) is 0 Å². The predicted octanol–water partition coefficient (Wildman–Crippen LogP) is 2.36. The molecule has 0 radical (unpaired) electrons. The standard InChI is InChI=1S/C19H23Cl2N5O3/c1-24-16-15(17(28)25(2)19(24)29)26(11-12-13(20)7-6-8-14(12)21)18(23-16)22-9-4-3-5-10-27/h6-8,27H,3-5,9-11H2,1-2H3,(H,22,23). The van der Waals surface area contributed by atoms with Gasteiger partial charge in [0.1, 0.15) is 0 Å². The van der Waals surface area contributed by atoms with Crippen LogP contribution in [0.5, 0.6) is 0 Å². The summed E-state index contributed by atoms with van der Waals surface area (Å²) >= 11 is 12.7. The zero-order valence-electron chi connectivity index (χ0n) is 16.3. The van der Waals surface area contributed by atoms with E-state index in [-0.39, 0.29) is 13.2 Å². The molecule has 3 aromatic rings. The summed E-state index contributed by atoms with van der Waals surface area (Å²) in [6.07, 6.45) is 2.41. The summed E-state index contributed by atoms with van der Waals surface area (Å²) in [6, 6.07) is 5.22. The molecule has 29 heavy (non-hydrogen) atoms. The third-order valence-corrected chi connectivity index (χ3v) is 5.55. The molecule has 3 rings (SSSR count). The maximum Gasteiger partial charge on any atom is 0.332 e. The minimum absolute atomic E-state index is 0.154. The lowest BCUT2D eigenvalue weighted by atomic mass is 10.2. The minimum Gasteiger partial charge on any atom is -0.396 e. The second-order valence-corrected chi connectivity index (χ2v) is 7.63. The molecule has 0 fully saturated rings. The Morgan fingerprint density at radius 1 is 1.07 bits per heavy atom. The van der Waals surface area contributed by atoms with Gasteiger partial charge in [0.25, 0.3) is 5.56 Å². The largest absolute Gasteiger partial charge is 0.396 e. The van der Waals surface area contributed by atoms with E-state index in [2.05, 4.69) is 10.3 Å². The van der Waals surface area contributed by atoms with Crippen molar-refractivity contribution in [3.63, 3.8) is 0 Å². The number of hydrogen-bond acceptors (Lipinski definition) is 5. The van der Waals surface area contributed by atoms with Crippen LogP contribution in [0.15, 0.2) is 27.8 Å². The quantitative estimate of drug-likeness (QED) is 0.525. The van der Waals surface area contributed by atoms with Gasteiger partial charge < -0.3 is 10.4 Å². The summed E-state index contributed by atoms with van der Waals surface area (Å²) in [5.74, 6) is 0.457. The monoisotopic (exact) mass is 439 g/mol. The molecule has 0 atom stereocenters. The fraction of sp³-hybridized carbons (Fsp3) is 0.421. The molecule has 8 nitrogen and oxygen atoms in total. The number of fused-ring (bicyclic) bond motifs is 1. The van der Waals surface area contributed by atoms with E-state index in [0.29, 0.717) is 39.3 Å². The van der Waals surface area contributed by atoms with Crippen molar-refractivity contribution in [2.45, 2.75) is 25.8 Å². The first-order chi connectivity index (χ1) is 13.9. The molecule has 0 aliphatic carbocycles. The van der Waals surface area contributed by atoms with E-state index in [1.54, 1.807) is 29.8 Å². The molecule has 0 amide bonds. The maximum absolute atomic E-state index is 12.9. The van der Waals surface area contributed by atoms with Gasteiger partial charge in [-0.05, 0) is 31.4 Å². The SMILES string of the molecule is Cn1c(=O)c2c(nc(NCCCCCO)n2Cc2c(Cl)cccc2Cl)n(C)c1=O. The number of halogens is 2. The van der Waals surface area contributed by atoms with E-state index in [0.717, 1.165) is 23.8 Å². The number of imidazole rings is 1. The fourth-order valence-corrected chi connectivity index (χ4v) is 3.71. The highest BCUT2D eigenvalue weighted by atomic mass is 35.5. The molecule has 0 bridgehead atoms. The Bertz CT molecular complexity index is 1130. The number of aliphatic hydroxyl groups is 1. The average molecular weight is 440 g/mol. The molecule has 2 N–H and O–H groups in total. The van der Waals surface area contributed by atoms with Crippen LogP contribution in [0.4, 0.5) is 5.95 Å². The van der Waals surface area contributed by atoms with Crippen LogP contribution in [-0.4, -0.2) is 36.9 Å². The molecule has 2 aromatic heterocycles. The van der Waals surface area contributed by atoms with Gasteiger partial charge in [0.05, 0.1) is 6.54 Å². The number of aryl methyl sites for hydroxylation is 1. The van der Waals surface area contributed by atoms with E-state index in [1.165, 1.54) is 11.6 Å². The van der Waals surface area contributed by atoms with E-state index in [4.69, 9.17) is 28.3 Å². The van der Waals surface area contributed by atoms with Gasteiger partial charge in [-0.3, -0.25) is 18.5 Å². The molecule has 0 saturated carbocycles. The fourth-order valence-electron chi connectivity index (χ4n) is 3.19. The summed E-state index contributed by atoms with van der Waals surface area (Å²) in [6.45, 7) is 0.983. The molecular formula is C19H23Cl2N5O3. The molecule has 0 spiro atoms. The van der Waals surface area contributed by atoms with Gasteiger partial charge in [0.15, 0.2) is 11.2 Å². The van der Waals surface area contributed by atoms with Crippen LogP contribution in [0.2, 0.25) is 10.0 Å². The van der Waals surface area contributed by atoms with Crippen molar-refractivity contribution >= 4 is 40.3 Å². The number of aromatic nitrogens is 4. The van der Waals surface area contributed by atoms with Crippen molar-refractivity contribution in [2.75, 3.05) is 18.5 Å². The van der Waals surface area contributed by atoms with Crippen LogP contribution in [-0.2, 0) is 20.6 Å². The number of aliphatic hydroxyl groups excluding tert-OH is 1. The highest BCUT2D eigenvalue weighted by Crippen LogP contribution is 2.27. The zero-order valence-corrected chi connectivity index (χ0v) is 17.8. The predicted molar refractivity (Wildman–Crippen MR) is 115 cm³/mol. The number of nitrogens with zero attached hydrogens (tertiary/aromatic N) is 4. The van der Waals surface area contributed by atoms with E-state index in [9.17, 15) is 9.59 Å². The summed E-state index contributed by atoms with van der Waals surface area (Å²) in [5, 5.41) is 13.1. The summed E-state index contributed by atoms with van der Waals surface area (Å²) in [5.41, 5.74) is 0.362. The third-order valence-electron chi connectivity index (χ3n) is 4.84. The number of hydrogen-bond donors (Lipinski definition) is 2. The Balaban J connectivity index is 2.12. The van der Waals surface area contributed by atoms with Crippen molar-refractivity contribution in [1.82, 2.24) is 18.7 Å². The first kappa shape index (κ1) is 21.4. The molecule has 2 heterocycles. The first-order valence-electron chi connectivity index (χ1n) is 9.30. The van der Waals surface area contributed by atoms with Crippen LogP contribution < -0.4 is 16.6 Å². The van der Waals surface area contributed by atoms with E-state index in [1.807, 2.05) is 0 Å². The lowest BCUT2D eigenvalue weighted by Gasteiger charge is -2.13. The number of rotatable bonds is 8. The Kier molecular flexibility index (Phi) is 6.66. The molecular weight excluding hydrogens is 417 g/mol. The maximum atomic E-state index is 12.9. The molecule has 0 saturated heterocycles. The zero-order chi connectivity index (χ0) is 21.1. The van der Waals surface area contributed by atoms with Gasteiger partial charge in [0.2, 0.25) is 5.95 Å². The number of unbranched alkanes of at least 4 members (excludes halogenated alkanes) is 2. The highest BCUT2D eigenvalue weighted by molar-refractivity contribution is 6.36. The highest BCUT2D eigenvalue weighted by Gasteiger charge is 2.20. The Labute approximate surface area is 177 Å². The van der Waals surface area contributed by atoms with Crippen LogP contribution in [0.25, 0.3) is 11.2 Å². The van der Waals surface area contributed by atoms with Gasteiger partial charge in [0, 0.05) is 42.9 Å². The first-order valence-corrected chi connectivity index (χ1v) is 10.1. The second kappa shape index (κ2) is 9.02. The smallest absolute Gasteiger partial charge is 0.332 e. The summed E-state index contributed by atoms with van der Waals surface area (Å²) in [7, 11) is 3.01. The van der Waals surface area contributed by atoms with Crippen LogP contribution >= 0.6 is 23.2 Å². The molecule has 0 unspecified atom stereocenters. The Hall–Kier alpha value is -2.29. The second-order valence-electron chi connectivity index (χ2n) is 6.81. The van der Waals surface area contributed by atoms with E-state index < -0.39 is 11.2 Å². The lowest BCUT2D eigenvalue weighted by Crippen LogP contribution is -2.37. The van der Waals surface area contributed by atoms with Crippen LogP contribution in [0.1, 0.15) is 24.8 Å². The Morgan fingerprint density at radius 3 is 2.41 bits per heavy atom. The lowest BCUT2D eigenvalue weighted by molar-refractivity contribution is 0.283. The van der Waals surface area contributed by atoms with Crippen molar-refractivity contribution in [2.24, 2.45) is 14.1 Å². The minimum atomic E-state index is -0.447. The molecule has 156 valence electrons. The van der Waals surface area contributed by atoms with Gasteiger partial charge in [-0.25, -0.2) is 4.79 Å². The van der Waals surface area contributed by atoms with Crippen molar-refractivity contribution in [3.8, 4) is 0 Å². The Morgan fingerprint density at radius 2 is 1.76 bits per heavy atom. The van der Waals surface area contributed by atoms with Gasteiger partial charge in [-0.15, -0.1) is 0 Å². The third kappa shape index (κ3) is 4.19. The number of anilines is 1. The average Bonchev–Trinajstić information content (AvgIpc) is 3.06. The molecule has 1 aromatic carbocycles. The van der Waals surface area contributed by atoms with Gasteiger partial charge >= 0.3 is 5.69 Å². The topological polar surface area (TPSA) is 94.1 Å². The van der Waals surface area contributed by atoms with Crippen molar-refractivity contribution in [1.29, 1.82) is 0 Å². The van der Waals surface area contributed by atoms with Crippen molar-refractivity contribution in [3.05, 3.63) is 54.6 Å². The summed E-state index contributed by atoms with van der Waals surface area (Å²) < 4.78 is 4.11. The van der Waals surface area contributed by atoms with Crippen molar-refractivity contribution < 1.29 is 5.11 Å². The molecule has 10 heteroatoms.